The number of nitrogens with zero attached hydrogens (tertiary/aromatic N) is 1. The Balaban J connectivity index is 1.97. The fourth-order valence-electron chi connectivity index (χ4n) is 6.45. The van der Waals surface area contributed by atoms with E-state index in [2.05, 4.69) is 5.32 Å². The molecule has 0 saturated heterocycles. The molecule has 1 saturated carbocycles. The Morgan fingerprint density at radius 3 is 2.27 bits per heavy atom. The number of phenols is 1. The second-order valence-electron chi connectivity index (χ2n) is 12.1. The summed E-state index contributed by atoms with van der Waals surface area (Å²) in [5.41, 5.74) is 0.942. The number of carbonyl (C=O) groups is 4. The zero-order valence-corrected chi connectivity index (χ0v) is 23.6. The predicted molar refractivity (Wildman–Crippen MR) is 147 cm³/mol. The van der Waals surface area contributed by atoms with Crippen molar-refractivity contribution in [1.29, 1.82) is 0 Å². The van der Waals surface area contributed by atoms with Crippen LogP contribution in [0.1, 0.15) is 50.3 Å². The van der Waals surface area contributed by atoms with Gasteiger partial charge in [0.05, 0.1) is 23.6 Å². The van der Waals surface area contributed by atoms with Gasteiger partial charge in [-0.1, -0.05) is 13.0 Å². The number of aromatic hydroxyl groups is 1. The minimum Gasteiger partial charge on any atom is -0.508 e. The lowest BCUT2D eigenvalue weighted by molar-refractivity contribution is -0.169. The summed E-state index contributed by atoms with van der Waals surface area (Å²) in [5, 5.41) is 59.4. The van der Waals surface area contributed by atoms with Gasteiger partial charge in [0.2, 0.25) is 11.7 Å². The van der Waals surface area contributed by atoms with Crippen LogP contribution < -0.4 is 11.1 Å². The van der Waals surface area contributed by atoms with Crippen LogP contribution in [0.3, 0.4) is 0 Å². The summed E-state index contributed by atoms with van der Waals surface area (Å²) in [4.78, 5) is 53.2. The van der Waals surface area contributed by atoms with Crippen molar-refractivity contribution in [2.24, 2.45) is 17.6 Å². The summed E-state index contributed by atoms with van der Waals surface area (Å²) in [7, 11) is 2.88. The Hall–Kier alpha value is -4.00. The highest BCUT2D eigenvalue weighted by molar-refractivity contribution is 6.24. The van der Waals surface area contributed by atoms with Crippen LogP contribution in [0.2, 0.25) is 0 Å². The van der Waals surface area contributed by atoms with Crippen LogP contribution in [-0.2, 0) is 19.2 Å². The van der Waals surface area contributed by atoms with Gasteiger partial charge in [0.25, 0.3) is 5.91 Å². The number of carbonyl (C=O) groups excluding carboxylic acids is 4. The second kappa shape index (κ2) is 9.82. The van der Waals surface area contributed by atoms with Gasteiger partial charge in [-0.05, 0) is 64.1 Å². The highest BCUT2D eigenvalue weighted by Crippen LogP contribution is 2.56. The number of benzene rings is 1. The van der Waals surface area contributed by atoms with Gasteiger partial charge in [-0.25, -0.2) is 0 Å². The number of rotatable bonds is 4. The zero-order valence-electron chi connectivity index (χ0n) is 23.6. The minimum absolute atomic E-state index is 0.153. The maximum absolute atomic E-state index is 14.0. The van der Waals surface area contributed by atoms with Gasteiger partial charge < -0.3 is 36.6 Å². The molecule has 6 atom stereocenters. The smallest absolute Gasteiger partial charge is 0.255 e. The molecule has 1 aromatic carbocycles. The van der Waals surface area contributed by atoms with Crippen LogP contribution in [0.4, 0.5) is 0 Å². The monoisotopic (exact) mass is 569 g/mol. The summed E-state index contributed by atoms with van der Waals surface area (Å²) in [5.74, 6) is -10.1. The van der Waals surface area contributed by atoms with Crippen LogP contribution in [0.5, 0.6) is 5.75 Å². The molecule has 8 N–H and O–H groups in total. The Bertz CT molecular complexity index is 1470. The van der Waals surface area contributed by atoms with Gasteiger partial charge in [-0.3, -0.25) is 24.1 Å². The fourth-order valence-corrected chi connectivity index (χ4v) is 6.45. The number of aliphatic hydroxyl groups excluding tert-OH is 3. The molecule has 4 rings (SSSR count). The third kappa shape index (κ3) is 4.42. The molecular formula is C29H35N3O9. The lowest BCUT2D eigenvalue weighted by Crippen LogP contribution is -2.70. The zero-order chi connectivity index (χ0) is 30.9. The van der Waals surface area contributed by atoms with Gasteiger partial charge in [0.1, 0.15) is 22.8 Å². The predicted octanol–water partition coefficient (Wildman–Crippen LogP) is 0.424. The van der Waals surface area contributed by atoms with E-state index in [1.54, 1.807) is 6.92 Å². The second-order valence-corrected chi connectivity index (χ2v) is 12.1. The number of hydrogen-bond acceptors (Lipinski definition) is 10. The summed E-state index contributed by atoms with van der Waals surface area (Å²) in [6.45, 7) is 7.06. The third-order valence-corrected chi connectivity index (χ3v) is 8.05. The standard InChI is InChI=1S/C29H35N3O9/c1-11-15-12(8-10-14(34)31-28(2,3)4)7-9-13(33)17(15)22(35)18-16(11)23(36)20-21(32(5)6)24(37)19(27(30)40)26(39)29(20,41)25(18)38/h7-11,16,20-21,23,33,35-36,39,41H,1-6H3,(H2,30,40)(H,31,34)/b10-8+/t11-,16+,20+,21+,23-,29-/m0/s1. The van der Waals surface area contributed by atoms with Gasteiger partial charge in [0, 0.05) is 23.1 Å². The van der Waals surface area contributed by atoms with Gasteiger partial charge >= 0.3 is 0 Å². The number of aliphatic hydroxyl groups is 4. The summed E-state index contributed by atoms with van der Waals surface area (Å²) < 4.78 is 0. The quantitative estimate of drug-likeness (QED) is 0.196. The molecule has 0 aliphatic heterocycles. The van der Waals surface area contributed by atoms with Gasteiger partial charge in [-0.15, -0.1) is 0 Å². The maximum atomic E-state index is 14.0. The van der Waals surface area contributed by atoms with Gasteiger partial charge in [0.15, 0.2) is 11.4 Å². The van der Waals surface area contributed by atoms with Crippen LogP contribution in [0.15, 0.2) is 35.1 Å². The van der Waals surface area contributed by atoms with Gasteiger partial charge in [-0.2, -0.15) is 0 Å². The molecule has 220 valence electrons. The number of phenolic OH excluding ortho intramolecular Hbond substituents is 1. The molecule has 0 spiro atoms. The summed E-state index contributed by atoms with van der Waals surface area (Å²) in [6, 6.07) is 1.33. The lowest BCUT2D eigenvalue weighted by atomic mass is 9.54. The SMILES string of the molecule is C[C@H]1c2c(/C=C/C(=O)NC(C)(C)C)ccc(O)c2C(O)=C2C(=O)[C@]3(O)C(O)=C(C(N)=O)C(=O)[C@H](N(C)C)[C@@H]3[C@@H](O)[C@@H]21. The molecule has 0 heterocycles. The molecule has 0 radical (unpaired) electrons. The topological polar surface area (TPSA) is 211 Å². The van der Waals surface area contributed by atoms with E-state index in [1.807, 2.05) is 20.8 Å². The first kappa shape index (κ1) is 30.0. The van der Waals surface area contributed by atoms with E-state index in [4.69, 9.17) is 5.73 Å². The number of primary amides is 1. The highest BCUT2D eigenvalue weighted by atomic mass is 16.4. The van der Waals surface area contributed by atoms with E-state index >= 15 is 0 Å². The minimum atomic E-state index is -2.98. The van der Waals surface area contributed by atoms with E-state index in [1.165, 1.54) is 43.3 Å². The normalized spacial score (nSPS) is 29.9. The first-order valence-electron chi connectivity index (χ1n) is 13.0. The average Bonchev–Trinajstić information content (AvgIpc) is 2.84. The van der Waals surface area contributed by atoms with Crippen molar-refractivity contribution >= 4 is 35.2 Å². The van der Waals surface area contributed by atoms with Crippen LogP contribution in [0, 0.1) is 11.8 Å². The molecule has 2 amide bonds. The molecule has 1 aromatic rings. The van der Waals surface area contributed by atoms with Crippen molar-refractivity contribution in [3.63, 3.8) is 0 Å². The molecule has 3 aliphatic carbocycles. The van der Waals surface area contributed by atoms with Crippen molar-refractivity contribution in [1.82, 2.24) is 10.2 Å². The number of nitrogens with one attached hydrogen (secondary N) is 1. The molecule has 0 unspecified atom stereocenters. The Morgan fingerprint density at radius 1 is 1.12 bits per heavy atom. The maximum Gasteiger partial charge on any atom is 0.255 e. The first-order valence-corrected chi connectivity index (χ1v) is 13.0. The Labute approximate surface area is 236 Å². The molecule has 12 heteroatoms. The summed E-state index contributed by atoms with van der Waals surface area (Å²) in [6.07, 6.45) is 1.04. The molecule has 41 heavy (non-hydrogen) atoms. The van der Waals surface area contributed by atoms with Crippen molar-refractivity contribution in [3.8, 4) is 5.75 Å². The van der Waals surface area contributed by atoms with E-state index in [-0.39, 0.29) is 5.56 Å². The average molecular weight is 570 g/mol. The van der Waals surface area contributed by atoms with Crippen molar-refractivity contribution in [3.05, 3.63) is 51.8 Å². The number of ketones is 2. The lowest BCUT2D eigenvalue weighted by Gasteiger charge is -2.53. The van der Waals surface area contributed by atoms with Crippen molar-refractivity contribution in [2.45, 2.75) is 56.9 Å². The Kier molecular flexibility index (Phi) is 7.18. The van der Waals surface area contributed by atoms with Crippen LogP contribution in [-0.4, -0.2) is 91.2 Å². The van der Waals surface area contributed by atoms with E-state index in [0.29, 0.717) is 11.1 Å². The first-order chi connectivity index (χ1) is 18.9. The number of nitrogens with two attached hydrogens (primary N) is 1. The molecule has 3 aliphatic rings. The molecule has 12 nitrogen and oxygen atoms in total. The third-order valence-electron chi connectivity index (χ3n) is 8.05. The highest BCUT2D eigenvalue weighted by Gasteiger charge is 2.68. The van der Waals surface area contributed by atoms with E-state index in [9.17, 15) is 44.7 Å². The van der Waals surface area contributed by atoms with Crippen LogP contribution >= 0.6 is 0 Å². The summed E-state index contributed by atoms with van der Waals surface area (Å²) >= 11 is 0. The van der Waals surface area contributed by atoms with E-state index in [0.717, 1.165) is 0 Å². The largest absolute Gasteiger partial charge is 0.508 e. The number of amides is 2. The van der Waals surface area contributed by atoms with Crippen molar-refractivity contribution < 1.29 is 44.7 Å². The molecule has 1 fully saturated rings. The molecular weight excluding hydrogens is 534 g/mol. The van der Waals surface area contributed by atoms with Crippen LogP contribution in [0.25, 0.3) is 11.8 Å². The number of hydrogen-bond donors (Lipinski definition) is 7. The molecule has 0 aromatic heterocycles. The number of Topliss-reactive ketones (excluding diaryl/α,β-unsaturated/α-hetero) is 2. The fraction of sp³-hybridized carbons (Fsp3) is 0.448. The van der Waals surface area contributed by atoms with E-state index < -0.39 is 92.8 Å². The van der Waals surface area contributed by atoms with Crippen molar-refractivity contribution in [2.75, 3.05) is 14.1 Å². The Morgan fingerprint density at radius 2 is 1.73 bits per heavy atom. The number of fused-ring (bicyclic) bond motifs is 3. The number of likely N-dealkylation sites (N-methyl/N-ethyl adjacent to an activating group) is 1. The molecule has 0 bridgehead atoms.